The molecule has 1 amide bonds. The number of nitrogens with zero attached hydrogens (tertiary/aromatic N) is 2. The topological polar surface area (TPSA) is 42.4 Å². The first-order valence-corrected chi connectivity index (χ1v) is 8.83. The van der Waals surface area contributed by atoms with Gasteiger partial charge in [-0.1, -0.05) is 23.7 Å². The van der Waals surface area contributed by atoms with E-state index in [9.17, 15) is 18.0 Å². The molecular weight excluding hydrogens is 377 g/mol. The zero-order chi connectivity index (χ0) is 18.0. The molecule has 0 atom stereocenters. The summed E-state index contributed by atoms with van der Waals surface area (Å²) in [4.78, 5) is 17.2. The zero-order valence-corrected chi connectivity index (χ0v) is 14.5. The highest BCUT2D eigenvalue weighted by molar-refractivity contribution is 7.09. The Kier molecular flexibility index (Phi) is 5.19. The summed E-state index contributed by atoms with van der Waals surface area (Å²) in [5.74, 6) is 0.103. The number of piperidine rings is 1. The second-order valence-electron chi connectivity index (χ2n) is 5.58. The van der Waals surface area contributed by atoms with Gasteiger partial charge in [0.15, 0.2) is 5.01 Å². The smallest absolute Gasteiger partial charge is 0.443 e. The quantitative estimate of drug-likeness (QED) is 0.775. The first-order chi connectivity index (χ1) is 11.8. The standard InChI is InChI=1S/C16H14ClF3N2O2S/c17-11-3-1-2-4-13(11)24-10-5-7-22(8-6-10)14(23)12-9-25-15(21-12)16(18,19)20/h1-4,9-10H,5-8H2. The SMILES string of the molecule is O=C(c1csc(C(F)(F)F)n1)N1CCC(Oc2ccccc2Cl)CC1. The molecule has 1 fully saturated rings. The molecule has 0 bridgehead atoms. The van der Waals surface area contributed by atoms with Crippen LogP contribution in [0, 0.1) is 0 Å². The molecule has 1 aliphatic rings. The molecule has 134 valence electrons. The molecule has 2 aromatic rings. The van der Waals surface area contributed by atoms with Crippen molar-refractivity contribution in [3.8, 4) is 5.75 Å². The van der Waals surface area contributed by atoms with E-state index in [2.05, 4.69) is 4.98 Å². The molecule has 4 nitrogen and oxygen atoms in total. The number of carbonyl (C=O) groups excluding carboxylic acids is 1. The average Bonchev–Trinajstić information content (AvgIpc) is 3.07. The van der Waals surface area contributed by atoms with Crippen molar-refractivity contribution in [1.82, 2.24) is 9.88 Å². The van der Waals surface area contributed by atoms with Crippen LogP contribution >= 0.6 is 22.9 Å². The van der Waals surface area contributed by atoms with Crippen LogP contribution in [-0.4, -0.2) is 35.0 Å². The van der Waals surface area contributed by atoms with E-state index in [0.29, 0.717) is 48.0 Å². The number of thiazole rings is 1. The molecule has 0 saturated carbocycles. The van der Waals surface area contributed by atoms with Crippen molar-refractivity contribution >= 4 is 28.8 Å². The van der Waals surface area contributed by atoms with Gasteiger partial charge in [0.1, 0.15) is 17.5 Å². The summed E-state index contributed by atoms with van der Waals surface area (Å²) >= 11 is 6.48. The molecule has 1 aliphatic heterocycles. The molecule has 0 spiro atoms. The van der Waals surface area contributed by atoms with E-state index < -0.39 is 17.1 Å². The number of hydrogen-bond acceptors (Lipinski definition) is 4. The molecule has 0 N–H and O–H groups in total. The molecule has 25 heavy (non-hydrogen) atoms. The number of amides is 1. The van der Waals surface area contributed by atoms with Gasteiger partial charge in [-0.05, 0) is 12.1 Å². The van der Waals surface area contributed by atoms with Gasteiger partial charge in [0.25, 0.3) is 5.91 Å². The van der Waals surface area contributed by atoms with E-state index >= 15 is 0 Å². The second-order valence-corrected chi connectivity index (χ2v) is 6.84. The van der Waals surface area contributed by atoms with Crippen molar-refractivity contribution < 1.29 is 22.7 Å². The third kappa shape index (κ3) is 4.24. The van der Waals surface area contributed by atoms with E-state index in [1.807, 2.05) is 6.07 Å². The number of aromatic nitrogens is 1. The summed E-state index contributed by atoms with van der Waals surface area (Å²) in [7, 11) is 0. The maximum Gasteiger partial charge on any atom is 0.443 e. The third-order valence-corrected chi connectivity index (χ3v) is 5.02. The van der Waals surface area contributed by atoms with Gasteiger partial charge in [-0.25, -0.2) is 4.98 Å². The van der Waals surface area contributed by atoms with Gasteiger partial charge in [-0.2, -0.15) is 13.2 Å². The van der Waals surface area contributed by atoms with Gasteiger partial charge in [0.2, 0.25) is 0 Å². The molecule has 1 aromatic heterocycles. The van der Waals surface area contributed by atoms with Crippen LogP contribution in [0.5, 0.6) is 5.75 Å². The van der Waals surface area contributed by atoms with Crippen LogP contribution in [0.25, 0.3) is 0 Å². The Morgan fingerprint density at radius 2 is 1.96 bits per heavy atom. The van der Waals surface area contributed by atoms with Crippen LogP contribution in [0.4, 0.5) is 13.2 Å². The number of alkyl halides is 3. The molecule has 1 saturated heterocycles. The molecular formula is C16H14ClF3N2O2S. The van der Waals surface area contributed by atoms with Gasteiger partial charge >= 0.3 is 6.18 Å². The Labute approximate surface area is 151 Å². The van der Waals surface area contributed by atoms with Gasteiger partial charge < -0.3 is 9.64 Å². The van der Waals surface area contributed by atoms with Crippen LogP contribution in [0.2, 0.25) is 5.02 Å². The van der Waals surface area contributed by atoms with E-state index in [-0.39, 0.29) is 11.8 Å². The van der Waals surface area contributed by atoms with Crippen LogP contribution in [0.15, 0.2) is 29.6 Å². The Morgan fingerprint density at radius 3 is 2.56 bits per heavy atom. The molecule has 0 aliphatic carbocycles. The van der Waals surface area contributed by atoms with Gasteiger partial charge in [0, 0.05) is 31.3 Å². The summed E-state index contributed by atoms with van der Waals surface area (Å²) in [6.07, 6.45) is -3.47. The van der Waals surface area contributed by atoms with Gasteiger partial charge in [-0.15, -0.1) is 11.3 Å². The molecule has 1 aromatic carbocycles. The fourth-order valence-electron chi connectivity index (χ4n) is 2.56. The highest BCUT2D eigenvalue weighted by Crippen LogP contribution is 2.32. The van der Waals surface area contributed by atoms with Crippen molar-refractivity contribution in [2.24, 2.45) is 0 Å². The van der Waals surface area contributed by atoms with E-state index in [1.165, 1.54) is 4.90 Å². The van der Waals surface area contributed by atoms with Crippen molar-refractivity contribution in [2.45, 2.75) is 25.1 Å². The molecule has 0 radical (unpaired) electrons. The first-order valence-electron chi connectivity index (χ1n) is 7.58. The van der Waals surface area contributed by atoms with Crippen LogP contribution in [-0.2, 0) is 6.18 Å². The van der Waals surface area contributed by atoms with Gasteiger partial charge in [0.05, 0.1) is 5.02 Å². The molecule has 0 unspecified atom stereocenters. The fraction of sp³-hybridized carbons (Fsp3) is 0.375. The van der Waals surface area contributed by atoms with Crippen molar-refractivity contribution in [1.29, 1.82) is 0 Å². The van der Waals surface area contributed by atoms with Crippen molar-refractivity contribution in [3.63, 3.8) is 0 Å². The Hall–Kier alpha value is -1.80. The van der Waals surface area contributed by atoms with Crippen LogP contribution in [0.3, 0.4) is 0 Å². The summed E-state index contributed by atoms with van der Waals surface area (Å²) in [6.45, 7) is 0.791. The Balaban J connectivity index is 1.58. The lowest BCUT2D eigenvalue weighted by Crippen LogP contribution is -2.42. The molecule has 2 heterocycles. The van der Waals surface area contributed by atoms with Crippen molar-refractivity contribution in [2.75, 3.05) is 13.1 Å². The number of benzene rings is 1. The Morgan fingerprint density at radius 1 is 1.28 bits per heavy atom. The second kappa shape index (κ2) is 7.21. The molecule has 9 heteroatoms. The highest BCUT2D eigenvalue weighted by Gasteiger charge is 2.36. The van der Waals surface area contributed by atoms with Gasteiger partial charge in [-0.3, -0.25) is 4.79 Å². The number of likely N-dealkylation sites (tertiary alicyclic amines) is 1. The number of para-hydroxylation sites is 1. The predicted octanol–water partition coefficient (Wildman–Crippen LogP) is 4.50. The van der Waals surface area contributed by atoms with Crippen LogP contribution < -0.4 is 4.74 Å². The van der Waals surface area contributed by atoms with Crippen LogP contribution in [0.1, 0.15) is 28.3 Å². The number of carbonyl (C=O) groups is 1. The average molecular weight is 391 g/mol. The maximum absolute atomic E-state index is 12.6. The lowest BCUT2D eigenvalue weighted by molar-refractivity contribution is -0.137. The fourth-order valence-corrected chi connectivity index (χ4v) is 3.40. The number of rotatable bonds is 3. The summed E-state index contributed by atoms with van der Waals surface area (Å²) < 4.78 is 43.6. The summed E-state index contributed by atoms with van der Waals surface area (Å²) in [5, 5.41) is 0.660. The highest BCUT2D eigenvalue weighted by atomic mass is 35.5. The minimum atomic E-state index is -4.53. The maximum atomic E-state index is 12.6. The number of halogens is 4. The minimum absolute atomic E-state index is 0.0925. The summed E-state index contributed by atoms with van der Waals surface area (Å²) in [6, 6.07) is 7.13. The van der Waals surface area contributed by atoms with Crippen molar-refractivity contribution in [3.05, 3.63) is 45.4 Å². The van der Waals surface area contributed by atoms with E-state index in [0.717, 1.165) is 5.38 Å². The summed E-state index contributed by atoms with van der Waals surface area (Å²) in [5.41, 5.74) is -0.164. The largest absolute Gasteiger partial charge is 0.489 e. The molecule has 3 rings (SSSR count). The van der Waals surface area contributed by atoms with E-state index in [4.69, 9.17) is 16.3 Å². The Bertz CT molecular complexity index is 758. The first kappa shape index (κ1) is 18.0. The minimum Gasteiger partial charge on any atom is -0.489 e. The zero-order valence-electron chi connectivity index (χ0n) is 12.9. The number of ether oxygens (including phenoxy) is 1. The predicted molar refractivity (Wildman–Crippen MR) is 88.1 cm³/mol. The third-order valence-electron chi connectivity index (χ3n) is 3.83. The monoisotopic (exact) mass is 390 g/mol. The lowest BCUT2D eigenvalue weighted by Gasteiger charge is -2.32. The normalized spacial score (nSPS) is 16.1. The lowest BCUT2D eigenvalue weighted by atomic mass is 10.1. The van der Waals surface area contributed by atoms with E-state index in [1.54, 1.807) is 18.2 Å². The number of hydrogen-bond donors (Lipinski definition) is 0.